The van der Waals surface area contributed by atoms with Crippen molar-refractivity contribution < 1.29 is 4.79 Å². The minimum Gasteiger partial charge on any atom is -0.351 e. The highest BCUT2D eigenvalue weighted by molar-refractivity contribution is 5.76. The van der Waals surface area contributed by atoms with E-state index in [4.69, 9.17) is 0 Å². The zero-order valence-corrected chi connectivity index (χ0v) is 11.1. The van der Waals surface area contributed by atoms with Gasteiger partial charge < -0.3 is 5.32 Å². The number of hydrogen-bond donors (Lipinski definition) is 1. The summed E-state index contributed by atoms with van der Waals surface area (Å²) in [6, 6.07) is 0. The van der Waals surface area contributed by atoms with E-state index in [9.17, 15) is 4.79 Å². The standard InChI is InChI=1S/C14H28NO/c1-3-5-6-7-8-9-10-11-12-14(16)15-13-4-2/h13H,3-12H2,1-2H3,(H,15,16). The molecule has 1 radical (unpaired) electrons. The molecule has 0 saturated carbocycles. The maximum Gasteiger partial charge on any atom is 0.220 e. The third-order valence-corrected chi connectivity index (χ3v) is 2.72. The van der Waals surface area contributed by atoms with Crippen LogP contribution in [0.15, 0.2) is 0 Å². The topological polar surface area (TPSA) is 29.1 Å². The molecule has 0 atom stereocenters. The number of hydrogen-bond acceptors (Lipinski definition) is 1. The molecule has 2 heteroatoms. The van der Waals surface area contributed by atoms with Crippen LogP contribution in [0.1, 0.15) is 78.1 Å². The third-order valence-electron chi connectivity index (χ3n) is 2.72. The summed E-state index contributed by atoms with van der Waals surface area (Å²) in [4.78, 5) is 11.2. The minimum atomic E-state index is 0.174. The average Bonchev–Trinajstić information content (AvgIpc) is 2.30. The molecule has 0 spiro atoms. The lowest BCUT2D eigenvalue weighted by Gasteiger charge is -2.03. The summed E-state index contributed by atoms with van der Waals surface area (Å²) in [5, 5.41) is 2.79. The molecule has 1 amide bonds. The Kier molecular flexibility index (Phi) is 12.1. The van der Waals surface area contributed by atoms with Crippen LogP contribution < -0.4 is 5.32 Å². The van der Waals surface area contributed by atoms with E-state index in [0.29, 0.717) is 6.42 Å². The number of nitrogens with one attached hydrogen (secondary N) is 1. The van der Waals surface area contributed by atoms with Gasteiger partial charge in [0.15, 0.2) is 0 Å². The van der Waals surface area contributed by atoms with Crippen molar-refractivity contribution >= 4 is 5.91 Å². The van der Waals surface area contributed by atoms with Gasteiger partial charge in [0.05, 0.1) is 0 Å². The fraction of sp³-hybridized carbons (Fsp3) is 0.857. The van der Waals surface area contributed by atoms with Crippen LogP contribution in [0.5, 0.6) is 0 Å². The molecule has 0 aromatic carbocycles. The van der Waals surface area contributed by atoms with Crippen molar-refractivity contribution in [1.82, 2.24) is 5.32 Å². The number of rotatable bonds is 11. The number of amides is 1. The lowest BCUT2D eigenvalue weighted by molar-refractivity contribution is -0.120. The van der Waals surface area contributed by atoms with Crippen LogP contribution in [-0.2, 0) is 4.79 Å². The molecular weight excluding hydrogens is 198 g/mol. The van der Waals surface area contributed by atoms with Crippen molar-refractivity contribution in [3.05, 3.63) is 6.54 Å². The Bertz CT molecular complexity index is 157. The number of carbonyl (C=O) groups is 1. The molecule has 0 rings (SSSR count). The Labute approximate surface area is 101 Å². The molecule has 0 bridgehead atoms. The van der Waals surface area contributed by atoms with Crippen molar-refractivity contribution in [3.63, 3.8) is 0 Å². The van der Waals surface area contributed by atoms with E-state index >= 15 is 0 Å². The molecule has 0 saturated heterocycles. The highest BCUT2D eigenvalue weighted by atomic mass is 16.1. The molecule has 2 nitrogen and oxygen atoms in total. The predicted octanol–water partition coefficient (Wildman–Crippen LogP) is 4.21. The quantitative estimate of drug-likeness (QED) is 0.525. The summed E-state index contributed by atoms with van der Waals surface area (Å²) in [6.07, 6.45) is 11.9. The fourth-order valence-electron chi connectivity index (χ4n) is 1.71. The Morgan fingerprint density at radius 1 is 0.938 bits per heavy atom. The average molecular weight is 226 g/mol. The Morgan fingerprint density at radius 2 is 1.50 bits per heavy atom. The molecular formula is C14H28NO. The van der Waals surface area contributed by atoms with E-state index in [1.54, 1.807) is 0 Å². The second-order valence-corrected chi connectivity index (χ2v) is 4.40. The van der Waals surface area contributed by atoms with Gasteiger partial charge in [-0.05, 0) is 12.8 Å². The smallest absolute Gasteiger partial charge is 0.220 e. The molecule has 95 valence electrons. The summed E-state index contributed by atoms with van der Waals surface area (Å²) in [5.41, 5.74) is 0. The van der Waals surface area contributed by atoms with Crippen LogP contribution in [0.25, 0.3) is 0 Å². The normalized spacial score (nSPS) is 10.4. The second kappa shape index (κ2) is 12.5. The van der Waals surface area contributed by atoms with Crippen molar-refractivity contribution in [2.75, 3.05) is 0 Å². The number of carbonyl (C=O) groups excluding carboxylic acids is 1. The van der Waals surface area contributed by atoms with Crippen molar-refractivity contribution in [3.8, 4) is 0 Å². The zero-order valence-electron chi connectivity index (χ0n) is 11.1. The Hall–Kier alpha value is -0.530. The van der Waals surface area contributed by atoms with Crippen LogP contribution in [0.2, 0.25) is 0 Å². The number of unbranched alkanes of at least 4 members (excludes halogenated alkanes) is 7. The van der Waals surface area contributed by atoms with Crippen molar-refractivity contribution in [1.29, 1.82) is 0 Å². The van der Waals surface area contributed by atoms with Crippen LogP contribution >= 0.6 is 0 Å². The molecule has 1 N–H and O–H groups in total. The third kappa shape index (κ3) is 11.5. The summed E-state index contributed by atoms with van der Waals surface area (Å²) in [5.74, 6) is 0.174. The van der Waals surface area contributed by atoms with Crippen LogP contribution in [-0.4, -0.2) is 5.91 Å². The lowest BCUT2D eigenvalue weighted by Crippen LogP contribution is -2.19. The largest absolute Gasteiger partial charge is 0.351 e. The monoisotopic (exact) mass is 226 g/mol. The SMILES string of the molecule is CC[CH]NC(=O)CCCCCCCCCC. The zero-order chi connectivity index (χ0) is 12.1. The molecule has 16 heavy (non-hydrogen) atoms. The highest BCUT2D eigenvalue weighted by Gasteiger charge is 1.99. The molecule has 0 heterocycles. The first-order chi connectivity index (χ1) is 7.81. The minimum absolute atomic E-state index is 0.174. The van der Waals surface area contributed by atoms with E-state index < -0.39 is 0 Å². The Balaban J connectivity index is 3.05. The van der Waals surface area contributed by atoms with Gasteiger partial charge in [0.25, 0.3) is 0 Å². The highest BCUT2D eigenvalue weighted by Crippen LogP contribution is 2.09. The summed E-state index contributed by atoms with van der Waals surface area (Å²) >= 11 is 0. The van der Waals surface area contributed by atoms with Crippen LogP contribution in [0, 0.1) is 6.54 Å². The molecule has 0 aliphatic rings. The molecule has 0 aromatic heterocycles. The van der Waals surface area contributed by atoms with Gasteiger partial charge in [-0.1, -0.05) is 58.8 Å². The van der Waals surface area contributed by atoms with Gasteiger partial charge in [-0.25, -0.2) is 0 Å². The van der Waals surface area contributed by atoms with Crippen molar-refractivity contribution in [2.45, 2.75) is 78.1 Å². The second-order valence-electron chi connectivity index (χ2n) is 4.40. The van der Waals surface area contributed by atoms with E-state index in [2.05, 4.69) is 12.2 Å². The van der Waals surface area contributed by atoms with Gasteiger partial charge in [-0.15, -0.1) is 0 Å². The first kappa shape index (κ1) is 15.5. The lowest BCUT2D eigenvalue weighted by atomic mass is 10.1. The van der Waals surface area contributed by atoms with Crippen LogP contribution in [0.4, 0.5) is 0 Å². The van der Waals surface area contributed by atoms with Gasteiger partial charge >= 0.3 is 0 Å². The Morgan fingerprint density at radius 3 is 2.06 bits per heavy atom. The molecule has 0 aliphatic carbocycles. The van der Waals surface area contributed by atoms with E-state index in [-0.39, 0.29) is 5.91 Å². The summed E-state index contributed by atoms with van der Waals surface area (Å²) in [7, 11) is 0. The van der Waals surface area contributed by atoms with Gasteiger partial charge in [0.2, 0.25) is 5.91 Å². The fourth-order valence-corrected chi connectivity index (χ4v) is 1.71. The van der Waals surface area contributed by atoms with Crippen molar-refractivity contribution in [2.24, 2.45) is 0 Å². The van der Waals surface area contributed by atoms with Gasteiger partial charge in [0.1, 0.15) is 0 Å². The summed E-state index contributed by atoms with van der Waals surface area (Å²) < 4.78 is 0. The van der Waals surface area contributed by atoms with Gasteiger partial charge in [-0.3, -0.25) is 4.79 Å². The molecule has 0 aromatic rings. The summed E-state index contributed by atoms with van der Waals surface area (Å²) in [6.45, 7) is 6.09. The van der Waals surface area contributed by atoms with E-state index in [1.165, 1.54) is 44.9 Å². The molecule has 0 fully saturated rings. The van der Waals surface area contributed by atoms with Gasteiger partial charge in [-0.2, -0.15) is 0 Å². The van der Waals surface area contributed by atoms with Gasteiger partial charge in [0, 0.05) is 13.0 Å². The maximum absolute atomic E-state index is 11.2. The van der Waals surface area contributed by atoms with Crippen LogP contribution in [0.3, 0.4) is 0 Å². The first-order valence-corrected chi connectivity index (χ1v) is 6.92. The molecule has 0 aliphatic heterocycles. The van der Waals surface area contributed by atoms with E-state index in [1.807, 2.05) is 13.5 Å². The maximum atomic E-state index is 11.2. The predicted molar refractivity (Wildman–Crippen MR) is 70.0 cm³/mol. The van der Waals surface area contributed by atoms with E-state index in [0.717, 1.165) is 12.8 Å². The molecule has 0 unspecified atom stereocenters. The first-order valence-electron chi connectivity index (χ1n) is 6.92.